The Morgan fingerprint density at radius 2 is 1.52 bits per heavy atom. The lowest BCUT2D eigenvalue weighted by molar-refractivity contribution is 0.496. The van der Waals surface area contributed by atoms with Crippen molar-refractivity contribution in [2.45, 2.75) is 26.4 Å². The molecule has 0 amide bonds. The predicted molar refractivity (Wildman–Crippen MR) is 73.7 cm³/mol. The Labute approximate surface area is 120 Å². The molecule has 2 rings (SSSR count). The standard InChI is InChI=1S/C16H15F4N/c1-9(2)21-8-11-5-10(3-4-13(11)17)12-6-15(19)16(20)7-14(12)18/h3-7,9,21H,8H2,1-2H3. The van der Waals surface area contributed by atoms with Gasteiger partial charge in [-0.25, -0.2) is 17.6 Å². The Bertz CT molecular complexity index is 653. The van der Waals surface area contributed by atoms with E-state index < -0.39 is 23.3 Å². The van der Waals surface area contributed by atoms with E-state index in [1.807, 2.05) is 13.8 Å². The van der Waals surface area contributed by atoms with Crippen molar-refractivity contribution >= 4 is 0 Å². The van der Waals surface area contributed by atoms with Gasteiger partial charge in [-0.15, -0.1) is 0 Å². The Hall–Kier alpha value is -1.88. The molecule has 21 heavy (non-hydrogen) atoms. The summed E-state index contributed by atoms with van der Waals surface area (Å²) in [5.74, 6) is -3.71. The van der Waals surface area contributed by atoms with Gasteiger partial charge in [0.05, 0.1) is 0 Å². The number of rotatable bonds is 4. The quantitative estimate of drug-likeness (QED) is 0.651. The summed E-state index contributed by atoms with van der Waals surface area (Å²) in [6, 6.07) is 5.38. The third kappa shape index (κ3) is 3.61. The first-order chi connectivity index (χ1) is 9.88. The average molecular weight is 297 g/mol. The van der Waals surface area contributed by atoms with Crippen LogP contribution in [-0.4, -0.2) is 6.04 Å². The molecule has 0 spiro atoms. The lowest BCUT2D eigenvalue weighted by atomic mass is 10.0. The second-order valence-electron chi connectivity index (χ2n) is 5.09. The predicted octanol–water partition coefficient (Wildman–Crippen LogP) is 4.41. The highest BCUT2D eigenvalue weighted by molar-refractivity contribution is 5.65. The van der Waals surface area contributed by atoms with Gasteiger partial charge < -0.3 is 5.32 Å². The summed E-state index contributed by atoms with van der Waals surface area (Å²) in [6.45, 7) is 4.09. The molecule has 0 bridgehead atoms. The maximum absolute atomic E-state index is 13.7. The Morgan fingerprint density at radius 3 is 2.19 bits per heavy atom. The van der Waals surface area contributed by atoms with Gasteiger partial charge in [0, 0.05) is 29.8 Å². The lowest BCUT2D eigenvalue weighted by Gasteiger charge is -2.11. The molecule has 1 N–H and O–H groups in total. The highest BCUT2D eigenvalue weighted by Crippen LogP contribution is 2.27. The highest BCUT2D eigenvalue weighted by atomic mass is 19.2. The van der Waals surface area contributed by atoms with Gasteiger partial charge in [-0.3, -0.25) is 0 Å². The molecule has 0 saturated carbocycles. The number of benzene rings is 2. The first kappa shape index (κ1) is 15.5. The van der Waals surface area contributed by atoms with Gasteiger partial charge in [0.1, 0.15) is 11.6 Å². The summed E-state index contributed by atoms with van der Waals surface area (Å²) in [5, 5.41) is 3.05. The van der Waals surface area contributed by atoms with Crippen LogP contribution in [0.2, 0.25) is 0 Å². The van der Waals surface area contributed by atoms with E-state index in [1.54, 1.807) is 0 Å². The van der Waals surface area contributed by atoms with Crippen LogP contribution in [0.4, 0.5) is 17.6 Å². The SMILES string of the molecule is CC(C)NCc1cc(-c2cc(F)c(F)cc2F)ccc1F. The van der Waals surface area contributed by atoms with Crippen LogP contribution in [-0.2, 0) is 6.54 Å². The fourth-order valence-corrected chi connectivity index (χ4v) is 1.94. The minimum Gasteiger partial charge on any atom is -0.310 e. The molecule has 0 aromatic heterocycles. The van der Waals surface area contributed by atoms with Crippen molar-refractivity contribution in [1.29, 1.82) is 0 Å². The van der Waals surface area contributed by atoms with Gasteiger partial charge >= 0.3 is 0 Å². The minimum absolute atomic E-state index is 0.0975. The molecule has 0 aliphatic heterocycles. The van der Waals surface area contributed by atoms with Crippen LogP contribution >= 0.6 is 0 Å². The average Bonchev–Trinajstić information content (AvgIpc) is 2.42. The van der Waals surface area contributed by atoms with Crippen LogP contribution in [0.25, 0.3) is 11.1 Å². The van der Waals surface area contributed by atoms with Gasteiger partial charge in [-0.2, -0.15) is 0 Å². The van der Waals surface area contributed by atoms with Crippen molar-refractivity contribution in [1.82, 2.24) is 5.32 Å². The van der Waals surface area contributed by atoms with Crippen molar-refractivity contribution in [3.8, 4) is 11.1 Å². The van der Waals surface area contributed by atoms with Gasteiger partial charge in [0.25, 0.3) is 0 Å². The van der Waals surface area contributed by atoms with Crippen molar-refractivity contribution in [3.63, 3.8) is 0 Å². The first-order valence-corrected chi connectivity index (χ1v) is 6.55. The maximum Gasteiger partial charge on any atom is 0.161 e. The minimum atomic E-state index is -1.25. The molecule has 2 aromatic carbocycles. The van der Waals surface area contributed by atoms with E-state index in [2.05, 4.69) is 5.32 Å². The molecule has 1 nitrogen and oxygen atoms in total. The molecule has 0 aliphatic rings. The van der Waals surface area contributed by atoms with Crippen LogP contribution in [0.1, 0.15) is 19.4 Å². The smallest absolute Gasteiger partial charge is 0.161 e. The summed E-state index contributed by atoms with van der Waals surface area (Å²) >= 11 is 0. The lowest BCUT2D eigenvalue weighted by Crippen LogP contribution is -2.22. The molecule has 112 valence electrons. The van der Waals surface area contributed by atoms with Crippen molar-refractivity contribution in [2.24, 2.45) is 0 Å². The van der Waals surface area contributed by atoms with Crippen molar-refractivity contribution < 1.29 is 17.6 Å². The van der Waals surface area contributed by atoms with Crippen LogP contribution < -0.4 is 5.32 Å². The zero-order valence-corrected chi connectivity index (χ0v) is 11.7. The molecule has 0 heterocycles. The number of hydrogen-bond donors (Lipinski definition) is 1. The Balaban J connectivity index is 2.41. The largest absolute Gasteiger partial charge is 0.310 e. The summed E-state index contributed by atoms with van der Waals surface area (Å²) in [4.78, 5) is 0. The molecule has 0 unspecified atom stereocenters. The van der Waals surface area contributed by atoms with E-state index in [0.717, 1.165) is 6.07 Å². The molecule has 0 fully saturated rings. The molecular weight excluding hydrogens is 282 g/mol. The zero-order chi connectivity index (χ0) is 15.6. The summed E-state index contributed by atoms with van der Waals surface area (Å²) in [5.41, 5.74) is 0.540. The molecule has 2 aromatic rings. The second-order valence-corrected chi connectivity index (χ2v) is 5.09. The normalized spacial score (nSPS) is 11.2. The van der Waals surface area contributed by atoms with E-state index >= 15 is 0 Å². The molecule has 0 radical (unpaired) electrons. The van der Waals surface area contributed by atoms with Crippen molar-refractivity contribution in [2.75, 3.05) is 0 Å². The molecular formula is C16H15F4N. The zero-order valence-electron chi connectivity index (χ0n) is 11.7. The van der Waals surface area contributed by atoms with E-state index in [-0.39, 0.29) is 18.2 Å². The molecule has 5 heteroatoms. The van der Waals surface area contributed by atoms with Crippen LogP contribution in [0.5, 0.6) is 0 Å². The van der Waals surface area contributed by atoms with Crippen molar-refractivity contribution in [3.05, 3.63) is 59.2 Å². The monoisotopic (exact) mass is 297 g/mol. The molecule has 0 saturated heterocycles. The van der Waals surface area contributed by atoms with Gasteiger partial charge in [0.15, 0.2) is 11.6 Å². The van der Waals surface area contributed by atoms with Crippen LogP contribution in [0.15, 0.2) is 30.3 Å². The fraction of sp³-hybridized carbons (Fsp3) is 0.250. The van der Waals surface area contributed by atoms with E-state index in [0.29, 0.717) is 17.2 Å². The second kappa shape index (κ2) is 6.26. The van der Waals surface area contributed by atoms with Crippen LogP contribution in [0.3, 0.4) is 0 Å². The van der Waals surface area contributed by atoms with Gasteiger partial charge in [0.2, 0.25) is 0 Å². The summed E-state index contributed by atoms with van der Waals surface area (Å²) in [7, 11) is 0. The highest BCUT2D eigenvalue weighted by Gasteiger charge is 2.13. The topological polar surface area (TPSA) is 12.0 Å². The fourth-order valence-electron chi connectivity index (χ4n) is 1.94. The van der Waals surface area contributed by atoms with Gasteiger partial charge in [-0.05, 0) is 23.8 Å². The first-order valence-electron chi connectivity index (χ1n) is 6.55. The molecule has 0 aliphatic carbocycles. The molecule has 0 atom stereocenters. The van der Waals surface area contributed by atoms with E-state index in [4.69, 9.17) is 0 Å². The Kier molecular flexibility index (Phi) is 4.63. The number of hydrogen-bond acceptors (Lipinski definition) is 1. The third-order valence-corrected chi connectivity index (χ3v) is 3.07. The Morgan fingerprint density at radius 1 is 0.857 bits per heavy atom. The van der Waals surface area contributed by atoms with E-state index in [9.17, 15) is 17.6 Å². The maximum atomic E-state index is 13.7. The summed E-state index contributed by atoms with van der Waals surface area (Å²) < 4.78 is 53.7. The van der Waals surface area contributed by atoms with Gasteiger partial charge in [-0.1, -0.05) is 19.9 Å². The third-order valence-electron chi connectivity index (χ3n) is 3.07. The number of nitrogens with one attached hydrogen (secondary N) is 1. The number of halogens is 4. The van der Waals surface area contributed by atoms with E-state index in [1.165, 1.54) is 18.2 Å². The summed E-state index contributed by atoms with van der Waals surface area (Å²) in [6.07, 6.45) is 0. The van der Waals surface area contributed by atoms with Crippen LogP contribution in [0, 0.1) is 23.3 Å².